The number of aliphatic hydroxyl groups is 1. The number of pyridine rings is 1. The minimum atomic E-state index is -1.33. The zero-order valence-corrected chi connectivity index (χ0v) is 22.2. The number of benzene rings is 1. The Labute approximate surface area is 234 Å². The van der Waals surface area contributed by atoms with Crippen molar-refractivity contribution in [2.45, 2.75) is 31.4 Å². The summed E-state index contributed by atoms with van der Waals surface area (Å²) in [6.07, 6.45) is 1.99. The first-order valence-corrected chi connectivity index (χ1v) is 13.3. The highest BCUT2D eigenvalue weighted by Gasteiger charge is 2.40. The van der Waals surface area contributed by atoms with Crippen molar-refractivity contribution in [3.63, 3.8) is 0 Å². The first-order chi connectivity index (χ1) is 19.3. The van der Waals surface area contributed by atoms with Crippen LogP contribution in [0.2, 0.25) is 5.15 Å². The number of anilines is 1. The zero-order chi connectivity index (χ0) is 28.0. The van der Waals surface area contributed by atoms with Crippen molar-refractivity contribution in [2.24, 2.45) is 5.73 Å². The fourth-order valence-electron chi connectivity index (χ4n) is 4.85. The van der Waals surface area contributed by atoms with E-state index in [2.05, 4.69) is 30.6 Å². The van der Waals surface area contributed by atoms with Gasteiger partial charge >= 0.3 is 0 Å². The number of amides is 2. The van der Waals surface area contributed by atoms with Crippen LogP contribution >= 0.6 is 22.9 Å². The molecule has 1 aromatic carbocycles. The van der Waals surface area contributed by atoms with Gasteiger partial charge in [-0.05, 0) is 29.8 Å². The highest BCUT2D eigenvalue weighted by molar-refractivity contribution is 7.22. The van der Waals surface area contributed by atoms with E-state index in [1.807, 2.05) is 0 Å². The summed E-state index contributed by atoms with van der Waals surface area (Å²) in [6, 6.07) is 7.91. The Bertz CT molecular complexity index is 1750. The molecule has 1 saturated heterocycles. The number of aliphatic hydroxyl groups excluding tert-OH is 1. The van der Waals surface area contributed by atoms with E-state index in [4.69, 9.17) is 17.3 Å². The number of primary amides is 1. The predicted octanol–water partition coefficient (Wildman–Crippen LogP) is 2.62. The molecule has 0 aliphatic carbocycles. The summed E-state index contributed by atoms with van der Waals surface area (Å²) in [6.45, 7) is -0.489. The molecule has 4 N–H and O–H groups in total. The number of carbonyl (C=O) groups excluding carboxylic acids is 2. The minimum absolute atomic E-state index is 0.00121. The number of aromatic nitrogens is 6. The summed E-state index contributed by atoms with van der Waals surface area (Å²) in [5.41, 5.74) is 8.10. The SMILES string of the molecule is NC(=O)c1nn(CC(=O)N2CC(F)CC2C(O)Nc2nc3c(Cl)nccc3s2)c2ccc(-c3ccnnc3)cc12. The van der Waals surface area contributed by atoms with Gasteiger partial charge in [0.25, 0.3) is 5.91 Å². The maximum Gasteiger partial charge on any atom is 0.269 e. The van der Waals surface area contributed by atoms with Crippen LogP contribution in [-0.2, 0) is 11.3 Å². The van der Waals surface area contributed by atoms with Crippen LogP contribution in [0.25, 0.3) is 32.2 Å². The summed E-state index contributed by atoms with van der Waals surface area (Å²) in [5.74, 6) is -1.24. The third-order valence-electron chi connectivity index (χ3n) is 6.70. The number of fused-ring (bicyclic) bond motifs is 2. The molecule has 204 valence electrons. The van der Waals surface area contributed by atoms with E-state index in [0.717, 1.165) is 15.8 Å². The van der Waals surface area contributed by atoms with Gasteiger partial charge in [0.05, 0.1) is 35.2 Å². The van der Waals surface area contributed by atoms with Gasteiger partial charge in [0.1, 0.15) is 24.5 Å². The average molecular weight is 582 g/mol. The van der Waals surface area contributed by atoms with Gasteiger partial charge in [-0.3, -0.25) is 14.3 Å². The fraction of sp³-hybridized carbons (Fsp3) is 0.240. The van der Waals surface area contributed by atoms with Crippen molar-refractivity contribution in [2.75, 3.05) is 11.9 Å². The van der Waals surface area contributed by atoms with Crippen LogP contribution in [0.3, 0.4) is 0 Å². The first kappa shape index (κ1) is 26.0. The van der Waals surface area contributed by atoms with Crippen LogP contribution in [0.4, 0.5) is 9.52 Å². The summed E-state index contributed by atoms with van der Waals surface area (Å²) >= 11 is 7.34. The van der Waals surface area contributed by atoms with E-state index in [1.54, 1.807) is 48.9 Å². The molecule has 40 heavy (non-hydrogen) atoms. The zero-order valence-electron chi connectivity index (χ0n) is 20.6. The number of likely N-dealkylation sites (tertiary alicyclic amines) is 1. The van der Waals surface area contributed by atoms with Gasteiger partial charge < -0.3 is 21.1 Å². The molecule has 4 aromatic heterocycles. The number of thiazole rings is 1. The van der Waals surface area contributed by atoms with Crippen LogP contribution in [-0.4, -0.2) is 76.8 Å². The average Bonchev–Trinajstić information content (AvgIpc) is 3.64. The lowest BCUT2D eigenvalue weighted by Crippen LogP contribution is -2.47. The smallest absolute Gasteiger partial charge is 0.269 e. The number of hydrogen-bond acceptors (Lipinski definition) is 10. The van der Waals surface area contributed by atoms with Crippen molar-refractivity contribution in [1.82, 2.24) is 34.8 Å². The normalized spacial score (nSPS) is 17.9. The highest BCUT2D eigenvalue weighted by atomic mass is 35.5. The van der Waals surface area contributed by atoms with Gasteiger partial charge in [-0.15, -0.1) is 0 Å². The van der Waals surface area contributed by atoms with Crippen LogP contribution in [0.1, 0.15) is 16.9 Å². The Morgan fingerprint density at radius 1 is 1.23 bits per heavy atom. The molecule has 2 amide bonds. The molecule has 0 radical (unpaired) electrons. The molecule has 1 fully saturated rings. The Hall–Kier alpha value is -4.27. The van der Waals surface area contributed by atoms with Gasteiger partial charge in [-0.1, -0.05) is 29.0 Å². The highest BCUT2D eigenvalue weighted by Crippen LogP contribution is 2.32. The second-order valence-corrected chi connectivity index (χ2v) is 10.6. The quantitative estimate of drug-likeness (QED) is 0.193. The van der Waals surface area contributed by atoms with E-state index in [1.165, 1.54) is 20.9 Å². The maximum atomic E-state index is 14.5. The second-order valence-electron chi connectivity index (χ2n) is 9.24. The summed E-state index contributed by atoms with van der Waals surface area (Å²) in [5, 5.41) is 26.8. The Morgan fingerprint density at radius 2 is 2.08 bits per heavy atom. The molecule has 3 unspecified atom stereocenters. The third kappa shape index (κ3) is 4.80. The molecule has 0 spiro atoms. The number of halogens is 2. The van der Waals surface area contributed by atoms with E-state index in [9.17, 15) is 19.1 Å². The molecule has 0 bridgehead atoms. The van der Waals surface area contributed by atoms with Crippen LogP contribution in [0, 0.1) is 0 Å². The second kappa shape index (κ2) is 10.4. The Balaban J connectivity index is 1.25. The molecule has 3 atom stereocenters. The van der Waals surface area contributed by atoms with Gasteiger partial charge in [0.15, 0.2) is 16.0 Å². The fourth-order valence-corrected chi connectivity index (χ4v) is 6.00. The number of nitrogens with two attached hydrogens (primary N) is 1. The van der Waals surface area contributed by atoms with E-state index in [0.29, 0.717) is 21.6 Å². The molecule has 12 nitrogen and oxygen atoms in total. The van der Waals surface area contributed by atoms with E-state index < -0.39 is 30.3 Å². The first-order valence-electron chi connectivity index (χ1n) is 12.1. The molecule has 0 saturated carbocycles. The molecule has 1 aliphatic heterocycles. The van der Waals surface area contributed by atoms with Crippen molar-refractivity contribution >= 4 is 61.0 Å². The lowest BCUT2D eigenvalue weighted by atomic mass is 10.0. The summed E-state index contributed by atoms with van der Waals surface area (Å²) in [4.78, 5) is 35.2. The Morgan fingerprint density at radius 3 is 2.83 bits per heavy atom. The third-order valence-corrected chi connectivity index (χ3v) is 7.93. The summed E-state index contributed by atoms with van der Waals surface area (Å²) < 4.78 is 16.7. The number of nitrogens with zero attached hydrogens (tertiary/aromatic N) is 7. The van der Waals surface area contributed by atoms with Crippen molar-refractivity contribution in [3.8, 4) is 11.1 Å². The maximum absolute atomic E-state index is 14.5. The Kier molecular flexibility index (Phi) is 6.73. The molecular formula is C25H21ClFN9O3S. The molecule has 5 aromatic rings. The molecule has 1 aliphatic rings. The molecule has 15 heteroatoms. The van der Waals surface area contributed by atoms with Crippen LogP contribution in [0.5, 0.6) is 0 Å². The monoisotopic (exact) mass is 581 g/mol. The van der Waals surface area contributed by atoms with E-state index in [-0.39, 0.29) is 30.4 Å². The minimum Gasteiger partial charge on any atom is -0.372 e. The summed E-state index contributed by atoms with van der Waals surface area (Å²) in [7, 11) is 0. The van der Waals surface area contributed by atoms with Crippen LogP contribution < -0.4 is 11.1 Å². The van der Waals surface area contributed by atoms with Gasteiger partial charge in [0, 0.05) is 23.6 Å². The predicted molar refractivity (Wildman–Crippen MR) is 146 cm³/mol. The standard InChI is InChI=1S/C25H21ClFN9O3S/c26-22-21-18(4-5-29-22)40-25(32-21)33-24(39)17-8-14(27)10-35(17)19(37)11-36-16-2-1-12(13-3-6-30-31-9-13)7-15(16)20(34-36)23(28)38/h1-7,9,14,17,24,39H,8,10-11H2,(H2,28,38)(H,32,33). The van der Waals surface area contributed by atoms with Crippen molar-refractivity contribution < 1.29 is 19.1 Å². The lowest BCUT2D eigenvalue weighted by Gasteiger charge is -2.28. The van der Waals surface area contributed by atoms with Gasteiger partial charge in [-0.2, -0.15) is 15.3 Å². The molecule has 5 heterocycles. The van der Waals surface area contributed by atoms with E-state index >= 15 is 0 Å². The van der Waals surface area contributed by atoms with Crippen molar-refractivity contribution in [1.29, 1.82) is 0 Å². The van der Waals surface area contributed by atoms with Gasteiger partial charge in [0.2, 0.25) is 5.91 Å². The molecular weight excluding hydrogens is 561 g/mol. The number of alkyl halides is 1. The number of nitrogens with one attached hydrogen (secondary N) is 1. The van der Waals surface area contributed by atoms with Crippen LogP contribution in [0.15, 0.2) is 48.9 Å². The van der Waals surface area contributed by atoms with Gasteiger partial charge in [-0.25, -0.2) is 14.4 Å². The topological polar surface area (TPSA) is 165 Å². The van der Waals surface area contributed by atoms with Crippen molar-refractivity contribution in [3.05, 3.63) is 59.8 Å². The largest absolute Gasteiger partial charge is 0.372 e. The molecule has 6 rings (SSSR count). The lowest BCUT2D eigenvalue weighted by molar-refractivity contribution is -0.134. The number of rotatable bonds is 7. The number of hydrogen-bond donors (Lipinski definition) is 3. The number of carbonyl (C=O) groups is 2.